The molecule has 88 valence electrons. The summed E-state index contributed by atoms with van der Waals surface area (Å²) in [5, 5.41) is 15.9. The van der Waals surface area contributed by atoms with Crippen molar-refractivity contribution in [2.75, 3.05) is 17.6 Å². The van der Waals surface area contributed by atoms with Gasteiger partial charge >= 0.3 is 0 Å². The highest BCUT2D eigenvalue weighted by atomic mass is 32.1. The maximum absolute atomic E-state index is 8.89. The first-order valence-electron chi connectivity index (χ1n) is 5.01. The third-order valence-corrected chi connectivity index (χ3v) is 3.97. The summed E-state index contributed by atoms with van der Waals surface area (Å²) in [4.78, 5) is 4.37. The minimum absolute atomic E-state index is 0.296. The van der Waals surface area contributed by atoms with Gasteiger partial charge in [0.1, 0.15) is 16.6 Å². The van der Waals surface area contributed by atoms with Gasteiger partial charge in [-0.3, -0.25) is 0 Å². The molecule has 0 spiro atoms. The molecule has 17 heavy (non-hydrogen) atoms. The van der Waals surface area contributed by atoms with Gasteiger partial charge in [0.2, 0.25) is 0 Å². The second kappa shape index (κ2) is 5.12. The summed E-state index contributed by atoms with van der Waals surface area (Å²) in [6.45, 7) is 2.70. The Bertz CT molecular complexity index is 551. The summed E-state index contributed by atoms with van der Waals surface area (Å²) in [7, 11) is 0. The fourth-order valence-corrected chi connectivity index (χ4v) is 2.80. The molecule has 0 saturated heterocycles. The number of nitrogens with zero attached hydrogens (tertiary/aromatic N) is 3. The predicted octanol–water partition coefficient (Wildman–Crippen LogP) is 2.02. The molecule has 0 aliphatic carbocycles. The summed E-state index contributed by atoms with van der Waals surface area (Å²) < 4.78 is 3.94. The standard InChI is InChI=1S/C10H11N5S2/c1-6-5-16-8(14-6)2-3-13-10-7(4-11)9(12)15-17-10/h5,13H,2-3H2,1H3,(H2,12,15). The molecule has 5 nitrogen and oxygen atoms in total. The first-order chi connectivity index (χ1) is 8.20. The van der Waals surface area contributed by atoms with E-state index < -0.39 is 0 Å². The zero-order valence-corrected chi connectivity index (χ0v) is 10.9. The average Bonchev–Trinajstić information content (AvgIpc) is 2.86. The van der Waals surface area contributed by atoms with E-state index in [1.165, 1.54) is 11.5 Å². The van der Waals surface area contributed by atoms with Crippen LogP contribution in [-0.4, -0.2) is 15.9 Å². The number of nitriles is 1. The normalized spacial score (nSPS) is 10.1. The predicted molar refractivity (Wildman–Crippen MR) is 70.3 cm³/mol. The van der Waals surface area contributed by atoms with Crippen LogP contribution in [0, 0.1) is 18.3 Å². The summed E-state index contributed by atoms with van der Waals surface area (Å²) in [6, 6.07) is 2.04. The zero-order valence-electron chi connectivity index (χ0n) is 9.23. The molecule has 0 atom stereocenters. The summed E-state index contributed by atoms with van der Waals surface area (Å²) in [6.07, 6.45) is 0.835. The van der Waals surface area contributed by atoms with Gasteiger partial charge in [0.15, 0.2) is 5.82 Å². The Hall–Kier alpha value is -1.65. The number of rotatable bonds is 4. The molecule has 0 saturated carbocycles. The van der Waals surface area contributed by atoms with Gasteiger partial charge < -0.3 is 11.1 Å². The van der Waals surface area contributed by atoms with E-state index in [-0.39, 0.29) is 0 Å². The van der Waals surface area contributed by atoms with Gasteiger partial charge in [-0.1, -0.05) is 0 Å². The van der Waals surface area contributed by atoms with Gasteiger partial charge in [0.25, 0.3) is 0 Å². The SMILES string of the molecule is Cc1csc(CCNc2snc(N)c2C#N)n1. The van der Waals surface area contributed by atoms with Crippen molar-refractivity contribution < 1.29 is 0 Å². The molecular weight excluding hydrogens is 254 g/mol. The molecule has 0 aliphatic rings. The van der Waals surface area contributed by atoms with Crippen molar-refractivity contribution in [1.82, 2.24) is 9.36 Å². The van der Waals surface area contributed by atoms with Crippen molar-refractivity contribution in [3.8, 4) is 6.07 Å². The van der Waals surface area contributed by atoms with Gasteiger partial charge in [-0.25, -0.2) is 4.98 Å². The van der Waals surface area contributed by atoms with Crippen LogP contribution in [0.1, 0.15) is 16.3 Å². The molecule has 2 rings (SSSR count). The average molecular weight is 265 g/mol. The van der Waals surface area contributed by atoms with E-state index in [4.69, 9.17) is 11.0 Å². The van der Waals surface area contributed by atoms with E-state index in [2.05, 4.69) is 14.7 Å². The first kappa shape index (κ1) is 11.8. The van der Waals surface area contributed by atoms with Gasteiger partial charge in [-0.05, 0) is 18.5 Å². The Balaban J connectivity index is 1.92. The van der Waals surface area contributed by atoms with Gasteiger partial charge in [-0.15, -0.1) is 11.3 Å². The highest BCUT2D eigenvalue weighted by molar-refractivity contribution is 7.10. The lowest BCUT2D eigenvalue weighted by molar-refractivity contribution is 0.990. The van der Waals surface area contributed by atoms with Crippen LogP contribution in [0.3, 0.4) is 0 Å². The number of hydrogen-bond donors (Lipinski definition) is 2. The molecule has 2 heterocycles. The van der Waals surface area contributed by atoms with Crippen LogP contribution < -0.4 is 11.1 Å². The largest absolute Gasteiger partial charge is 0.382 e. The molecule has 0 bridgehead atoms. The first-order valence-corrected chi connectivity index (χ1v) is 6.66. The molecule has 0 aliphatic heterocycles. The number of nitrogen functional groups attached to an aromatic ring is 1. The summed E-state index contributed by atoms with van der Waals surface area (Å²) in [5.41, 5.74) is 7.05. The number of hydrogen-bond acceptors (Lipinski definition) is 7. The van der Waals surface area contributed by atoms with E-state index in [1.807, 2.05) is 18.4 Å². The molecule has 3 N–H and O–H groups in total. The highest BCUT2D eigenvalue weighted by Gasteiger charge is 2.10. The molecule has 0 aromatic carbocycles. The molecular formula is C10H11N5S2. The third kappa shape index (κ3) is 2.72. The van der Waals surface area contributed by atoms with Crippen LogP contribution in [0.5, 0.6) is 0 Å². The number of anilines is 2. The van der Waals surface area contributed by atoms with E-state index in [9.17, 15) is 0 Å². The van der Waals surface area contributed by atoms with E-state index in [0.29, 0.717) is 11.4 Å². The lowest BCUT2D eigenvalue weighted by Gasteiger charge is -2.01. The van der Waals surface area contributed by atoms with Crippen molar-refractivity contribution >= 4 is 33.7 Å². The quantitative estimate of drug-likeness (QED) is 0.883. The van der Waals surface area contributed by atoms with Crippen molar-refractivity contribution in [1.29, 1.82) is 5.26 Å². The van der Waals surface area contributed by atoms with Crippen LogP contribution in [0.4, 0.5) is 10.8 Å². The van der Waals surface area contributed by atoms with Crippen LogP contribution in [0.2, 0.25) is 0 Å². The Morgan fingerprint density at radius 3 is 3.06 bits per heavy atom. The Morgan fingerprint density at radius 2 is 2.41 bits per heavy atom. The molecule has 0 radical (unpaired) electrons. The Labute approximate surface area is 107 Å². The van der Waals surface area contributed by atoms with Crippen LogP contribution in [0.15, 0.2) is 5.38 Å². The monoisotopic (exact) mass is 265 g/mol. The minimum Gasteiger partial charge on any atom is -0.382 e. The molecule has 7 heteroatoms. The second-order valence-corrected chi connectivity index (χ2v) is 5.16. The van der Waals surface area contributed by atoms with Gasteiger partial charge in [-0.2, -0.15) is 9.64 Å². The second-order valence-electron chi connectivity index (χ2n) is 3.44. The zero-order chi connectivity index (χ0) is 12.3. The van der Waals surface area contributed by atoms with Crippen LogP contribution >= 0.6 is 22.9 Å². The third-order valence-electron chi connectivity index (χ3n) is 2.12. The number of aryl methyl sites for hydroxylation is 1. The van der Waals surface area contributed by atoms with E-state index in [0.717, 1.165) is 28.7 Å². The highest BCUT2D eigenvalue weighted by Crippen LogP contribution is 2.25. The van der Waals surface area contributed by atoms with Crippen LogP contribution in [-0.2, 0) is 6.42 Å². The van der Waals surface area contributed by atoms with Gasteiger partial charge in [0, 0.05) is 24.0 Å². The number of aromatic nitrogens is 2. The smallest absolute Gasteiger partial charge is 0.157 e. The number of nitrogens with one attached hydrogen (secondary N) is 1. The maximum Gasteiger partial charge on any atom is 0.157 e. The fourth-order valence-electron chi connectivity index (χ4n) is 1.33. The lowest BCUT2D eigenvalue weighted by Crippen LogP contribution is -2.04. The molecule has 0 fully saturated rings. The molecule has 2 aromatic heterocycles. The van der Waals surface area contributed by atoms with E-state index >= 15 is 0 Å². The number of nitrogens with two attached hydrogens (primary N) is 1. The van der Waals surface area contributed by atoms with E-state index in [1.54, 1.807) is 11.3 Å². The van der Waals surface area contributed by atoms with Crippen molar-refractivity contribution in [3.63, 3.8) is 0 Å². The van der Waals surface area contributed by atoms with Crippen molar-refractivity contribution in [2.24, 2.45) is 0 Å². The Kier molecular flexibility index (Phi) is 3.56. The topological polar surface area (TPSA) is 87.6 Å². The fraction of sp³-hybridized carbons (Fsp3) is 0.300. The minimum atomic E-state index is 0.296. The summed E-state index contributed by atoms with van der Waals surface area (Å²) in [5.74, 6) is 0.296. The maximum atomic E-state index is 8.89. The summed E-state index contributed by atoms with van der Waals surface area (Å²) >= 11 is 2.86. The molecule has 0 unspecified atom stereocenters. The van der Waals surface area contributed by atoms with Gasteiger partial charge in [0.05, 0.1) is 5.01 Å². The number of thiazole rings is 1. The Morgan fingerprint density at radius 1 is 1.59 bits per heavy atom. The van der Waals surface area contributed by atoms with Crippen molar-refractivity contribution in [3.05, 3.63) is 21.6 Å². The molecule has 0 amide bonds. The lowest BCUT2D eigenvalue weighted by atomic mass is 10.3. The van der Waals surface area contributed by atoms with Crippen molar-refractivity contribution in [2.45, 2.75) is 13.3 Å². The van der Waals surface area contributed by atoms with Crippen LogP contribution in [0.25, 0.3) is 0 Å². The molecule has 2 aromatic rings.